The monoisotopic (exact) mass is 435 g/mol. The molecule has 0 bridgehead atoms. The van der Waals surface area contributed by atoms with Gasteiger partial charge in [-0.15, -0.1) is 0 Å². The van der Waals surface area contributed by atoms with E-state index in [0.717, 1.165) is 5.56 Å². The molecule has 1 N–H and O–H groups in total. The zero-order valence-electron chi connectivity index (χ0n) is 17.0. The Morgan fingerprint density at radius 2 is 1.71 bits per heavy atom. The molecule has 1 atom stereocenters. The number of fused-ring (bicyclic) bond motifs is 1. The number of Topliss-reactive ketones (excluding diaryl/α,β-unsaturated/α-hetero) is 1. The van der Waals surface area contributed by atoms with Crippen molar-refractivity contribution in [3.63, 3.8) is 0 Å². The van der Waals surface area contributed by atoms with Crippen LogP contribution >= 0.6 is 11.6 Å². The summed E-state index contributed by atoms with van der Waals surface area (Å²) in [5, 5.41) is 12.0. The van der Waals surface area contributed by atoms with Gasteiger partial charge in [0.2, 0.25) is 0 Å². The van der Waals surface area contributed by atoms with E-state index in [1.807, 2.05) is 19.1 Å². The third-order valence-electron chi connectivity index (χ3n) is 5.40. The Kier molecular flexibility index (Phi) is 5.81. The average Bonchev–Trinajstić information content (AvgIpc) is 2.98. The molecule has 1 heterocycles. The van der Waals surface area contributed by atoms with Gasteiger partial charge in [-0.2, -0.15) is 0 Å². The van der Waals surface area contributed by atoms with Gasteiger partial charge in [0.05, 0.1) is 25.3 Å². The number of carbonyl (C=O) groups excluding carboxylic acids is 2. The summed E-state index contributed by atoms with van der Waals surface area (Å²) in [6.45, 7) is 2.68. The Morgan fingerprint density at radius 3 is 2.39 bits per heavy atom. The Labute approximate surface area is 185 Å². The predicted octanol–water partition coefficient (Wildman–Crippen LogP) is 4.75. The molecule has 4 rings (SSSR count). The van der Waals surface area contributed by atoms with Gasteiger partial charge in [0, 0.05) is 16.1 Å². The van der Waals surface area contributed by atoms with Gasteiger partial charge in [0.15, 0.2) is 11.4 Å². The van der Waals surface area contributed by atoms with Gasteiger partial charge in [-0.25, -0.2) is 0 Å². The topological polar surface area (TPSA) is 66.8 Å². The highest BCUT2D eigenvalue weighted by Gasteiger charge is 2.50. The zero-order chi connectivity index (χ0) is 22.0. The zero-order valence-corrected chi connectivity index (χ0v) is 17.8. The molecule has 0 spiro atoms. The predicted molar refractivity (Wildman–Crippen MR) is 120 cm³/mol. The van der Waals surface area contributed by atoms with E-state index in [0.29, 0.717) is 34.2 Å². The van der Waals surface area contributed by atoms with Crippen molar-refractivity contribution in [1.82, 2.24) is 0 Å². The fourth-order valence-electron chi connectivity index (χ4n) is 3.84. The summed E-state index contributed by atoms with van der Waals surface area (Å²) in [7, 11) is 0. The van der Waals surface area contributed by atoms with Crippen LogP contribution in [0.4, 0.5) is 5.69 Å². The molecule has 0 fully saturated rings. The first-order valence-electron chi connectivity index (χ1n) is 10.1. The number of amides is 1. The number of para-hydroxylation sites is 1. The van der Waals surface area contributed by atoms with Crippen LogP contribution in [-0.2, 0) is 16.9 Å². The Morgan fingerprint density at radius 1 is 1.03 bits per heavy atom. The SMILES string of the molecule is CCOc1ccc(C(=O)C[C@]2(O)C(=O)N(Cc3ccc(Cl)cc3)c3ccccc32)cc1. The number of carbonyl (C=O) groups is 2. The van der Waals surface area contributed by atoms with Crippen LogP contribution in [0.15, 0.2) is 72.8 Å². The number of hydrogen-bond acceptors (Lipinski definition) is 4. The highest BCUT2D eigenvalue weighted by atomic mass is 35.5. The number of benzene rings is 3. The molecule has 0 unspecified atom stereocenters. The quantitative estimate of drug-likeness (QED) is 0.544. The van der Waals surface area contributed by atoms with Crippen LogP contribution in [0.5, 0.6) is 5.75 Å². The first-order valence-corrected chi connectivity index (χ1v) is 10.4. The molecular weight excluding hydrogens is 414 g/mol. The smallest absolute Gasteiger partial charge is 0.264 e. The maximum atomic E-state index is 13.3. The van der Waals surface area contributed by atoms with E-state index in [1.54, 1.807) is 60.7 Å². The molecule has 6 heteroatoms. The molecule has 31 heavy (non-hydrogen) atoms. The summed E-state index contributed by atoms with van der Waals surface area (Å²) in [6.07, 6.45) is -0.339. The summed E-state index contributed by atoms with van der Waals surface area (Å²) in [6, 6.07) is 20.9. The summed E-state index contributed by atoms with van der Waals surface area (Å²) < 4.78 is 5.41. The van der Waals surface area contributed by atoms with Crippen LogP contribution in [0, 0.1) is 0 Å². The maximum absolute atomic E-state index is 13.3. The van der Waals surface area contributed by atoms with Crippen molar-refractivity contribution in [3.05, 3.63) is 94.5 Å². The van der Waals surface area contributed by atoms with E-state index < -0.39 is 11.5 Å². The van der Waals surface area contributed by atoms with Crippen LogP contribution < -0.4 is 9.64 Å². The molecule has 0 saturated carbocycles. The first kappa shape index (κ1) is 21.1. The van der Waals surface area contributed by atoms with Gasteiger partial charge in [0.25, 0.3) is 5.91 Å². The molecule has 5 nitrogen and oxygen atoms in total. The highest BCUT2D eigenvalue weighted by molar-refractivity contribution is 6.30. The lowest BCUT2D eigenvalue weighted by atomic mass is 9.88. The minimum Gasteiger partial charge on any atom is -0.494 e. The summed E-state index contributed by atoms with van der Waals surface area (Å²) in [5.74, 6) is -0.167. The van der Waals surface area contributed by atoms with Crippen LogP contribution in [0.2, 0.25) is 5.02 Å². The molecule has 0 saturated heterocycles. The van der Waals surface area contributed by atoms with Crippen LogP contribution in [0.1, 0.15) is 34.8 Å². The number of nitrogens with zero attached hydrogens (tertiary/aromatic N) is 1. The largest absolute Gasteiger partial charge is 0.494 e. The van der Waals surface area contributed by atoms with Crippen molar-refractivity contribution >= 4 is 29.0 Å². The van der Waals surface area contributed by atoms with E-state index in [2.05, 4.69) is 0 Å². The lowest BCUT2D eigenvalue weighted by molar-refractivity contribution is -0.136. The second kappa shape index (κ2) is 8.53. The highest BCUT2D eigenvalue weighted by Crippen LogP contribution is 2.43. The number of rotatable bonds is 7. The van der Waals surface area contributed by atoms with Gasteiger partial charge >= 0.3 is 0 Å². The normalized spacial score (nSPS) is 17.5. The Hall–Kier alpha value is -3.15. The number of anilines is 1. The second-order valence-corrected chi connectivity index (χ2v) is 7.89. The first-order chi connectivity index (χ1) is 14.9. The second-order valence-electron chi connectivity index (χ2n) is 7.45. The van der Waals surface area contributed by atoms with Gasteiger partial charge in [0.1, 0.15) is 5.75 Å². The van der Waals surface area contributed by atoms with E-state index in [4.69, 9.17) is 16.3 Å². The van der Waals surface area contributed by atoms with Gasteiger partial charge in [-0.05, 0) is 55.0 Å². The number of ketones is 1. The van der Waals surface area contributed by atoms with Crippen molar-refractivity contribution in [2.45, 2.75) is 25.5 Å². The third-order valence-corrected chi connectivity index (χ3v) is 5.65. The number of halogens is 1. The molecule has 1 amide bonds. The number of aliphatic hydroxyl groups is 1. The molecule has 0 aliphatic carbocycles. The number of hydrogen-bond donors (Lipinski definition) is 1. The Balaban J connectivity index is 1.61. The third kappa shape index (κ3) is 4.07. The lowest BCUT2D eigenvalue weighted by Gasteiger charge is -2.23. The van der Waals surface area contributed by atoms with Crippen LogP contribution in [0.3, 0.4) is 0 Å². The van der Waals surface area contributed by atoms with Crippen molar-refractivity contribution in [3.8, 4) is 5.75 Å². The molecular formula is C25H22ClNO4. The molecule has 3 aromatic rings. The van der Waals surface area contributed by atoms with Gasteiger partial charge in [-0.1, -0.05) is 41.9 Å². The minimum absolute atomic E-state index is 0.270. The average molecular weight is 436 g/mol. The molecule has 0 aromatic heterocycles. The summed E-state index contributed by atoms with van der Waals surface area (Å²) >= 11 is 5.96. The van der Waals surface area contributed by atoms with Crippen molar-refractivity contribution in [2.75, 3.05) is 11.5 Å². The van der Waals surface area contributed by atoms with Crippen LogP contribution in [0.25, 0.3) is 0 Å². The maximum Gasteiger partial charge on any atom is 0.264 e. The molecule has 3 aromatic carbocycles. The van der Waals surface area contributed by atoms with E-state index in [1.165, 1.54) is 4.90 Å². The molecule has 158 valence electrons. The van der Waals surface area contributed by atoms with Crippen molar-refractivity contribution in [1.29, 1.82) is 0 Å². The fraction of sp³-hybridized carbons (Fsp3) is 0.200. The lowest BCUT2D eigenvalue weighted by Crippen LogP contribution is -2.41. The Bertz CT molecular complexity index is 1110. The van der Waals surface area contributed by atoms with Gasteiger partial charge in [-0.3, -0.25) is 9.59 Å². The van der Waals surface area contributed by atoms with Crippen molar-refractivity contribution in [2.24, 2.45) is 0 Å². The standard InChI is InChI=1S/C25H22ClNO4/c1-2-31-20-13-9-18(10-14-20)23(28)15-25(30)21-5-3-4-6-22(21)27(24(25)29)16-17-7-11-19(26)12-8-17/h3-14,30H,2,15-16H2,1H3/t25-/m1/s1. The summed E-state index contributed by atoms with van der Waals surface area (Å²) in [4.78, 5) is 27.8. The van der Waals surface area contributed by atoms with E-state index in [9.17, 15) is 14.7 Å². The molecule has 1 aliphatic rings. The molecule has 0 radical (unpaired) electrons. The minimum atomic E-state index is -1.92. The fourth-order valence-corrected chi connectivity index (χ4v) is 3.97. The molecule has 1 aliphatic heterocycles. The van der Waals surface area contributed by atoms with E-state index in [-0.39, 0.29) is 18.7 Å². The van der Waals surface area contributed by atoms with Crippen molar-refractivity contribution < 1.29 is 19.4 Å². The summed E-state index contributed by atoms with van der Waals surface area (Å²) in [5.41, 5.74) is 0.407. The van der Waals surface area contributed by atoms with Crippen LogP contribution in [-0.4, -0.2) is 23.4 Å². The number of ether oxygens (including phenoxy) is 1. The van der Waals surface area contributed by atoms with E-state index >= 15 is 0 Å². The van der Waals surface area contributed by atoms with Gasteiger partial charge < -0.3 is 14.7 Å².